The van der Waals surface area contributed by atoms with E-state index in [2.05, 4.69) is 38.8 Å². The number of rotatable bonds is 1. The van der Waals surface area contributed by atoms with Crippen LogP contribution in [0.3, 0.4) is 0 Å². The van der Waals surface area contributed by atoms with Crippen molar-refractivity contribution in [2.24, 2.45) is 5.92 Å². The number of carbonyl (C=O) groups is 1. The minimum Gasteiger partial charge on any atom is -0.311 e. The van der Waals surface area contributed by atoms with Crippen LogP contribution in [0, 0.1) is 39.0 Å². The second-order valence-electron chi connectivity index (χ2n) is 4.78. The van der Waals surface area contributed by atoms with Crippen molar-refractivity contribution in [2.45, 2.75) is 27.2 Å². The number of benzene rings is 1. The maximum Gasteiger partial charge on any atom is 0.228 e. The summed E-state index contributed by atoms with van der Waals surface area (Å²) >= 11 is 0. The molecule has 1 aliphatic rings. The number of hydrogen-bond donors (Lipinski definition) is 0. The zero-order chi connectivity index (χ0) is 12.6. The van der Waals surface area contributed by atoms with E-state index in [0.29, 0.717) is 13.0 Å². The Hall–Kier alpha value is -1.75. The lowest BCUT2D eigenvalue weighted by atomic mass is 10.0. The molecule has 0 bridgehead atoms. The van der Waals surface area contributed by atoms with Crippen molar-refractivity contribution in [3.05, 3.63) is 28.8 Å². The molecule has 2 nitrogen and oxygen atoms in total. The lowest BCUT2D eigenvalue weighted by molar-refractivity contribution is -0.117. The molecule has 1 heterocycles. The molecule has 1 aliphatic heterocycles. The third-order valence-corrected chi connectivity index (χ3v) is 3.58. The van der Waals surface area contributed by atoms with Crippen LogP contribution in [0.2, 0.25) is 0 Å². The summed E-state index contributed by atoms with van der Waals surface area (Å²) in [7, 11) is 0. The second kappa shape index (κ2) is 4.25. The molecule has 0 N–H and O–H groups in total. The molecule has 17 heavy (non-hydrogen) atoms. The van der Waals surface area contributed by atoms with Crippen molar-refractivity contribution in [1.29, 1.82) is 0 Å². The predicted molar refractivity (Wildman–Crippen MR) is 69.9 cm³/mol. The summed E-state index contributed by atoms with van der Waals surface area (Å²) in [4.78, 5) is 13.7. The molecule has 0 aromatic heterocycles. The number of terminal acetylenes is 1. The monoisotopic (exact) mass is 227 g/mol. The van der Waals surface area contributed by atoms with Crippen LogP contribution in [-0.4, -0.2) is 12.5 Å². The molecule has 1 aromatic rings. The molecule has 0 aliphatic carbocycles. The van der Waals surface area contributed by atoms with E-state index in [9.17, 15) is 4.79 Å². The summed E-state index contributed by atoms with van der Waals surface area (Å²) in [6.45, 7) is 6.90. The standard InChI is InChI=1S/C15H17NO/c1-5-13-8-15(17)16(9-13)14-6-10(2)12(4)11(3)7-14/h1,6-7,13H,8-9H2,2-4H3. The molecule has 2 rings (SSSR count). The summed E-state index contributed by atoms with van der Waals surface area (Å²) in [6, 6.07) is 4.14. The number of aryl methyl sites for hydroxylation is 2. The third-order valence-electron chi connectivity index (χ3n) is 3.58. The highest BCUT2D eigenvalue weighted by molar-refractivity contribution is 5.96. The molecule has 88 valence electrons. The topological polar surface area (TPSA) is 20.3 Å². The van der Waals surface area contributed by atoms with Crippen LogP contribution < -0.4 is 4.90 Å². The van der Waals surface area contributed by atoms with E-state index in [1.165, 1.54) is 16.7 Å². The van der Waals surface area contributed by atoms with Gasteiger partial charge in [-0.05, 0) is 49.6 Å². The first-order chi connectivity index (χ1) is 8.02. The van der Waals surface area contributed by atoms with Crippen LogP contribution in [0.25, 0.3) is 0 Å². The fourth-order valence-electron chi connectivity index (χ4n) is 2.24. The minimum atomic E-state index is 0.0596. The smallest absolute Gasteiger partial charge is 0.228 e. The van der Waals surface area contributed by atoms with Gasteiger partial charge in [0.25, 0.3) is 0 Å². The van der Waals surface area contributed by atoms with Crippen LogP contribution in [-0.2, 0) is 4.79 Å². The summed E-state index contributed by atoms with van der Waals surface area (Å²) < 4.78 is 0. The van der Waals surface area contributed by atoms with Crippen molar-refractivity contribution in [3.8, 4) is 12.3 Å². The fourth-order valence-corrected chi connectivity index (χ4v) is 2.24. The average Bonchev–Trinajstić information content (AvgIpc) is 2.67. The van der Waals surface area contributed by atoms with Crippen molar-refractivity contribution in [3.63, 3.8) is 0 Å². The van der Waals surface area contributed by atoms with Gasteiger partial charge in [0.05, 0.1) is 0 Å². The van der Waals surface area contributed by atoms with Gasteiger partial charge in [-0.3, -0.25) is 4.79 Å². The van der Waals surface area contributed by atoms with Gasteiger partial charge in [-0.2, -0.15) is 0 Å². The van der Waals surface area contributed by atoms with E-state index in [-0.39, 0.29) is 11.8 Å². The summed E-state index contributed by atoms with van der Waals surface area (Å²) in [5, 5.41) is 0. The molecule has 1 unspecified atom stereocenters. The number of hydrogen-bond acceptors (Lipinski definition) is 1. The molecule has 1 atom stereocenters. The molecule has 0 saturated carbocycles. The Morgan fingerprint density at radius 2 is 1.88 bits per heavy atom. The number of nitrogens with zero attached hydrogens (tertiary/aromatic N) is 1. The zero-order valence-corrected chi connectivity index (χ0v) is 10.6. The van der Waals surface area contributed by atoms with Crippen LogP contribution >= 0.6 is 0 Å². The first-order valence-corrected chi connectivity index (χ1v) is 5.87. The van der Waals surface area contributed by atoms with Crippen molar-refractivity contribution in [2.75, 3.05) is 11.4 Å². The minimum absolute atomic E-state index is 0.0596. The van der Waals surface area contributed by atoms with Gasteiger partial charge in [-0.1, -0.05) is 0 Å². The van der Waals surface area contributed by atoms with Crippen LogP contribution in [0.15, 0.2) is 12.1 Å². The number of amides is 1. The third kappa shape index (κ3) is 2.06. The molecular formula is C15H17NO. The van der Waals surface area contributed by atoms with Crippen molar-refractivity contribution >= 4 is 11.6 Å². The largest absolute Gasteiger partial charge is 0.311 e. The number of anilines is 1. The zero-order valence-electron chi connectivity index (χ0n) is 10.6. The molecule has 2 heteroatoms. The first kappa shape index (κ1) is 11.7. The van der Waals surface area contributed by atoms with Gasteiger partial charge in [0.15, 0.2) is 0 Å². The lowest BCUT2D eigenvalue weighted by Crippen LogP contribution is -2.24. The van der Waals surface area contributed by atoms with E-state index in [1.807, 2.05) is 4.90 Å². The molecule has 1 fully saturated rings. The second-order valence-corrected chi connectivity index (χ2v) is 4.78. The van der Waals surface area contributed by atoms with E-state index in [4.69, 9.17) is 6.42 Å². The molecule has 0 radical (unpaired) electrons. The Morgan fingerprint density at radius 1 is 1.29 bits per heavy atom. The van der Waals surface area contributed by atoms with Crippen LogP contribution in [0.4, 0.5) is 5.69 Å². The molecule has 1 aromatic carbocycles. The fraction of sp³-hybridized carbons (Fsp3) is 0.400. The normalized spacial score (nSPS) is 19.5. The maximum absolute atomic E-state index is 11.9. The first-order valence-electron chi connectivity index (χ1n) is 5.87. The summed E-state index contributed by atoms with van der Waals surface area (Å²) in [6.07, 6.45) is 5.87. The van der Waals surface area contributed by atoms with Crippen LogP contribution in [0.5, 0.6) is 0 Å². The summed E-state index contributed by atoms with van der Waals surface area (Å²) in [5.74, 6) is 2.87. The molecular weight excluding hydrogens is 210 g/mol. The highest BCUT2D eigenvalue weighted by Crippen LogP contribution is 2.28. The highest BCUT2D eigenvalue weighted by Gasteiger charge is 2.29. The highest BCUT2D eigenvalue weighted by atomic mass is 16.2. The Balaban J connectivity index is 2.36. The quantitative estimate of drug-likeness (QED) is 0.675. The van der Waals surface area contributed by atoms with Gasteiger partial charge >= 0.3 is 0 Å². The molecule has 0 spiro atoms. The van der Waals surface area contributed by atoms with Gasteiger partial charge in [0, 0.05) is 24.6 Å². The Bertz CT molecular complexity index is 487. The molecule has 1 amide bonds. The van der Waals surface area contributed by atoms with E-state index in [0.717, 1.165) is 5.69 Å². The van der Waals surface area contributed by atoms with Crippen molar-refractivity contribution < 1.29 is 4.79 Å². The average molecular weight is 227 g/mol. The molecule has 1 saturated heterocycles. The number of carbonyl (C=O) groups excluding carboxylic acids is 1. The Morgan fingerprint density at radius 3 is 2.35 bits per heavy atom. The lowest BCUT2D eigenvalue weighted by Gasteiger charge is -2.18. The SMILES string of the molecule is C#CC1CC(=O)N(c2cc(C)c(C)c(C)c2)C1. The van der Waals surface area contributed by atoms with Crippen molar-refractivity contribution in [1.82, 2.24) is 0 Å². The Kier molecular flexibility index (Phi) is 2.93. The van der Waals surface area contributed by atoms with Gasteiger partial charge in [-0.25, -0.2) is 0 Å². The van der Waals surface area contributed by atoms with Gasteiger partial charge < -0.3 is 4.90 Å². The summed E-state index contributed by atoms with van der Waals surface area (Å²) in [5.41, 5.74) is 4.70. The van der Waals surface area contributed by atoms with E-state index < -0.39 is 0 Å². The van der Waals surface area contributed by atoms with Gasteiger partial charge in [-0.15, -0.1) is 12.3 Å². The van der Waals surface area contributed by atoms with Gasteiger partial charge in [0.1, 0.15) is 0 Å². The van der Waals surface area contributed by atoms with E-state index in [1.54, 1.807) is 0 Å². The van der Waals surface area contributed by atoms with Gasteiger partial charge in [0.2, 0.25) is 5.91 Å². The maximum atomic E-state index is 11.9. The predicted octanol–water partition coefficient (Wildman–Crippen LogP) is 2.60. The van der Waals surface area contributed by atoms with Crippen LogP contribution in [0.1, 0.15) is 23.1 Å². The Labute approximate surface area is 103 Å². The van der Waals surface area contributed by atoms with E-state index >= 15 is 0 Å².